The second kappa shape index (κ2) is 8.10. The van der Waals surface area contributed by atoms with Crippen LogP contribution in [0.2, 0.25) is 0 Å². The molecule has 7 heteroatoms. The second-order valence-electron chi connectivity index (χ2n) is 5.77. The van der Waals surface area contributed by atoms with Crippen LogP contribution in [0, 0.1) is 0 Å². The molecule has 1 aromatic heterocycles. The van der Waals surface area contributed by atoms with Crippen LogP contribution < -0.4 is 5.32 Å². The Morgan fingerprint density at radius 2 is 1.83 bits per heavy atom. The molecule has 1 heterocycles. The van der Waals surface area contributed by atoms with E-state index >= 15 is 0 Å². The maximum absolute atomic E-state index is 12.3. The van der Waals surface area contributed by atoms with Crippen molar-refractivity contribution in [2.75, 3.05) is 0 Å². The number of nitrogens with one attached hydrogen (secondary N) is 1. The fourth-order valence-electron chi connectivity index (χ4n) is 2.71. The van der Waals surface area contributed by atoms with Crippen molar-refractivity contribution in [2.45, 2.75) is 57.4 Å². The van der Waals surface area contributed by atoms with Crippen LogP contribution in [0.4, 0.5) is 0 Å². The number of aryl methyl sites for hydroxylation is 2. The molecule has 0 fully saturated rings. The first-order valence-electron chi connectivity index (χ1n) is 7.84. The second-order valence-corrected chi connectivity index (χ2v) is 6.91. The number of carbonyl (C=O) groups is 3. The van der Waals surface area contributed by atoms with Gasteiger partial charge in [0.1, 0.15) is 6.04 Å². The molecular formula is C16H21NO5S. The average molecular weight is 339 g/mol. The van der Waals surface area contributed by atoms with Gasteiger partial charge in [0, 0.05) is 11.3 Å². The lowest BCUT2D eigenvalue weighted by Gasteiger charge is -2.12. The molecule has 1 aliphatic carbocycles. The first-order valence-corrected chi connectivity index (χ1v) is 8.66. The van der Waals surface area contributed by atoms with Crippen molar-refractivity contribution in [1.29, 1.82) is 0 Å². The van der Waals surface area contributed by atoms with Gasteiger partial charge in [-0.25, -0.2) is 4.79 Å². The van der Waals surface area contributed by atoms with Crippen LogP contribution in [-0.2, 0) is 22.4 Å². The van der Waals surface area contributed by atoms with Crippen LogP contribution in [-0.4, -0.2) is 34.1 Å². The highest BCUT2D eigenvalue weighted by molar-refractivity contribution is 7.14. The Kier molecular flexibility index (Phi) is 6.15. The first-order chi connectivity index (χ1) is 11.0. The summed E-state index contributed by atoms with van der Waals surface area (Å²) in [6.45, 7) is 0. The average Bonchev–Trinajstić information content (AvgIpc) is 2.85. The van der Waals surface area contributed by atoms with E-state index in [0.717, 1.165) is 25.7 Å². The van der Waals surface area contributed by atoms with Crippen LogP contribution in [0.15, 0.2) is 6.07 Å². The standard InChI is InChI=1S/C16H21NO5S/c18-14(19)8-7-11(16(21)22)17-15(20)13-9-10-5-3-1-2-4-6-12(10)23-13/h9,11H,1-8H2,(H,17,20)(H,18,19)(H,21,22)/t11-/m1/s1. The molecule has 1 aromatic rings. The number of aliphatic carboxylic acids is 2. The molecular weight excluding hydrogens is 318 g/mol. The van der Waals surface area contributed by atoms with Crippen molar-refractivity contribution in [1.82, 2.24) is 5.32 Å². The summed E-state index contributed by atoms with van der Waals surface area (Å²) < 4.78 is 0. The van der Waals surface area contributed by atoms with Crippen LogP contribution in [0.1, 0.15) is 58.6 Å². The van der Waals surface area contributed by atoms with Crippen molar-refractivity contribution >= 4 is 29.2 Å². The highest BCUT2D eigenvalue weighted by atomic mass is 32.1. The van der Waals surface area contributed by atoms with Gasteiger partial charge in [0.15, 0.2) is 0 Å². The minimum Gasteiger partial charge on any atom is -0.481 e. The number of amides is 1. The Hall–Kier alpha value is -1.89. The van der Waals surface area contributed by atoms with Gasteiger partial charge in [-0.3, -0.25) is 9.59 Å². The molecule has 0 radical (unpaired) electrons. The van der Waals surface area contributed by atoms with E-state index in [1.54, 1.807) is 0 Å². The third-order valence-corrected chi connectivity index (χ3v) is 5.21. The summed E-state index contributed by atoms with van der Waals surface area (Å²) in [6, 6.07) is 0.680. The molecule has 0 unspecified atom stereocenters. The minimum atomic E-state index is -1.21. The van der Waals surface area contributed by atoms with E-state index in [2.05, 4.69) is 5.32 Å². The molecule has 0 saturated carbocycles. The summed E-state index contributed by atoms with van der Waals surface area (Å²) in [6.07, 6.45) is 6.14. The number of hydrogen-bond donors (Lipinski definition) is 3. The normalized spacial score (nSPS) is 15.8. The smallest absolute Gasteiger partial charge is 0.326 e. The first kappa shape index (κ1) is 17.5. The third kappa shape index (κ3) is 5.06. The molecule has 0 aromatic carbocycles. The Morgan fingerprint density at radius 3 is 2.48 bits per heavy atom. The minimum absolute atomic E-state index is 0.124. The highest BCUT2D eigenvalue weighted by Gasteiger charge is 2.23. The van der Waals surface area contributed by atoms with E-state index in [0.29, 0.717) is 4.88 Å². The van der Waals surface area contributed by atoms with E-state index < -0.39 is 23.9 Å². The van der Waals surface area contributed by atoms with E-state index in [9.17, 15) is 14.4 Å². The zero-order chi connectivity index (χ0) is 16.8. The molecule has 0 spiro atoms. The zero-order valence-electron chi connectivity index (χ0n) is 12.8. The van der Waals surface area contributed by atoms with E-state index in [1.165, 1.54) is 34.6 Å². The van der Waals surface area contributed by atoms with E-state index in [4.69, 9.17) is 10.2 Å². The van der Waals surface area contributed by atoms with Crippen molar-refractivity contribution in [3.8, 4) is 0 Å². The number of carboxylic acids is 2. The molecule has 23 heavy (non-hydrogen) atoms. The van der Waals surface area contributed by atoms with Gasteiger partial charge in [0.2, 0.25) is 0 Å². The Morgan fingerprint density at radius 1 is 1.13 bits per heavy atom. The largest absolute Gasteiger partial charge is 0.481 e. The monoisotopic (exact) mass is 339 g/mol. The summed E-state index contributed by atoms with van der Waals surface area (Å²) in [7, 11) is 0. The predicted octanol–water partition coefficient (Wildman–Crippen LogP) is 2.45. The summed E-state index contributed by atoms with van der Waals surface area (Å²) in [4.78, 5) is 35.7. The van der Waals surface area contributed by atoms with Gasteiger partial charge in [-0.05, 0) is 43.7 Å². The number of carboxylic acid groups (broad SMARTS) is 2. The maximum atomic E-state index is 12.3. The van der Waals surface area contributed by atoms with E-state index in [1.807, 2.05) is 6.07 Å². The number of hydrogen-bond acceptors (Lipinski definition) is 4. The van der Waals surface area contributed by atoms with Gasteiger partial charge in [-0.2, -0.15) is 0 Å². The van der Waals surface area contributed by atoms with Crippen LogP contribution >= 0.6 is 11.3 Å². The predicted molar refractivity (Wildman–Crippen MR) is 86.0 cm³/mol. The summed E-state index contributed by atoms with van der Waals surface area (Å²) in [5.74, 6) is -2.72. The summed E-state index contributed by atoms with van der Waals surface area (Å²) in [5.41, 5.74) is 1.19. The molecule has 1 amide bonds. The molecule has 126 valence electrons. The highest BCUT2D eigenvalue weighted by Crippen LogP contribution is 2.28. The van der Waals surface area contributed by atoms with Gasteiger partial charge in [-0.15, -0.1) is 11.3 Å². The summed E-state index contributed by atoms with van der Waals surface area (Å²) in [5, 5.41) is 20.2. The maximum Gasteiger partial charge on any atom is 0.326 e. The van der Waals surface area contributed by atoms with Crippen LogP contribution in [0.3, 0.4) is 0 Å². The number of thiophene rings is 1. The lowest BCUT2D eigenvalue weighted by atomic mass is 10.00. The lowest BCUT2D eigenvalue weighted by molar-refractivity contribution is -0.140. The molecule has 2 rings (SSSR count). The zero-order valence-corrected chi connectivity index (χ0v) is 13.7. The third-order valence-electron chi connectivity index (χ3n) is 3.97. The van der Waals surface area contributed by atoms with E-state index in [-0.39, 0.29) is 12.8 Å². The fraction of sp³-hybridized carbons (Fsp3) is 0.562. The summed E-state index contributed by atoms with van der Waals surface area (Å²) >= 11 is 1.42. The van der Waals surface area contributed by atoms with Crippen molar-refractivity contribution in [2.24, 2.45) is 0 Å². The number of fused-ring (bicyclic) bond motifs is 1. The van der Waals surface area contributed by atoms with Gasteiger partial charge >= 0.3 is 11.9 Å². The molecule has 6 nitrogen and oxygen atoms in total. The SMILES string of the molecule is O=C(O)CC[C@@H](NC(=O)c1cc2c(s1)CCCCCC2)C(=O)O. The Labute approximate surface area is 138 Å². The van der Waals surface area contributed by atoms with Crippen LogP contribution in [0.25, 0.3) is 0 Å². The lowest BCUT2D eigenvalue weighted by Crippen LogP contribution is -2.40. The molecule has 1 aliphatic rings. The topological polar surface area (TPSA) is 104 Å². The Bertz CT molecular complexity index is 570. The molecule has 3 N–H and O–H groups in total. The van der Waals surface area contributed by atoms with Crippen LogP contribution in [0.5, 0.6) is 0 Å². The number of rotatable bonds is 6. The Balaban J connectivity index is 2.05. The molecule has 1 atom stereocenters. The number of carbonyl (C=O) groups excluding carboxylic acids is 1. The van der Waals surface area contributed by atoms with Gasteiger partial charge in [0.05, 0.1) is 4.88 Å². The molecule has 0 bridgehead atoms. The van der Waals surface area contributed by atoms with Crippen molar-refractivity contribution in [3.63, 3.8) is 0 Å². The van der Waals surface area contributed by atoms with Gasteiger partial charge < -0.3 is 15.5 Å². The molecule has 0 saturated heterocycles. The van der Waals surface area contributed by atoms with Crippen molar-refractivity contribution in [3.05, 3.63) is 21.4 Å². The molecule has 0 aliphatic heterocycles. The fourth-order valence-corrected chi connectivity index (χ4v) is 3.87. The quantitative estimate of drug-likeness (QED) is 0.738. The van der Waals surface area contributed by atoms with Gasteiger partial charge in [-0.1, -0.05) is 12.8 Å². The van der Waals surface area contributed by atoms with Gasteiger partial charge in [0.25, 0.3) is 5.91 Å². The van der Waals surface area contributed by atoms with Crippen molar-refractivity contribution < 1.29 is 24.6 Å².